The van der Waals surface area contributed by atoms with Crippen LogP contribution >= 0.6 is 15.9 Å². The molecular formula is C25H23BrF5N3O5. The van der Waals surface area contributed by atoms with Gasteiger partial charge in [0.2, 0.25) is 5.89 Å². The number of ether oxygens (including phenoxy) is 3. The Morgan fingerprint density at radius 2 is 1.82 bits per heavy atom. The third-order valence-electron chi connectivity index (χ3n) is 5.89. The molecule has 1 saturated heterocycles. The summed E-state index contributed by atoms with van der Waals surface area (Å²) in [7, 11) is 0. The number of rotatable bonds is 10. The second-order valence-corrected chi connectivity index (χ2v) is 9.19. The summed E-state index contributed by atoms with van der Waals surface area (Å²) in [6.07, 6.45) is -5.50. The van der Waals surface area contributed by atoms with Crippen LogP contribution in [0.4, 0.5) is 22.0 Å². The van der Waals surface area contributed by atoms with Crippen LogP contribution in [0.25, 0.3) is 11.3 Å². The van der Waals surface area contributed by atoms with Gasteiger partial charge in [-0.1, -0.05) is 12.1 Å². The van der Waals surface area contributed by atoms with Crippen molar-refractivity contribution in [2.24, 2.45) is 5.73 Å². The van der Waals surface area contributed by atoms with Crippen LogP contribution in [0.1, 0.15) is 27.9 Å². The Morgan fingerprint density at radius 3 is 2.46 bits per heavy atom. The van der Waals surface area contributed by atoms with Gasteiger partial charge < -0.3 is 24.4 Å². The first kappa shape index (κ1) is 28.9. The van der Waals surface area contributed by atoms with Crippen LogP contribution < -0.4 is 10.5 Å². The topological polar surface area (TPSA) is 100 Å². The first-order chi connectivity index (χ1) is 18.5. The molecule has 2 N–H and O–H groups in total. The maximum absolute atomic E-state index is 14.7. The van der Waals surface area contributed by atoms with Crippen LogP contribution in [0.3, 0.4) is 0 Å². The molecule has 1 unspecified atom stereocenters. The molecule has 1 fully saturated rings. The number of carbonyl (C=O) groups is 1. The molecule has 39 heavy (non-hydrogen) atoms. The third-order valence-corrected chi connectivity index (χ3v) is 6.42. The van der Waals surface area contributed by atoms with Crippen molar-refractivity contribution in [2.45, 2.75) is 12.3 Å². The first-order valence-corrected chi connectivity index (χ1v) is 12.5. The minimum atomic E-state index is -4.49. The number of morpholine rings is 1. The summed E-state index contributed by atoms with van der Waals surface area (Å²) < 4.78 is 90.0. The van der Waals surface area contributed by atoms with E-state index in [-0.39, 0.29) is 29.5 Å². The van der Waals surface area contributed by atoms with Crippen LogP contribution in [-0.2, 0) is 15.7 Å². The number of amides is 1. The Kier molecular flexibility index (Phi) is 9.20. The molecule has 1 aliphatic rings. The van der Waals surface area contributed by atoms with Gasteiger partial charge in [0.15, 0.2) is 22.3 Å². The standard InChI is InChI=1S/C25H23BrF5N3O5/c26-22-21(14-1-3-15(4-2-14)25(29,30)31)33-24(39-22)18(37-12-9-34-7-10-36-11-8-34)13-38-17-6-5-16(27)19(20(17)28)23(32)35/h1-6,18H,7-13H2,(H2,32,35). The molecule has 2 heterocycles. The smallest absolute Gasteiger partial charge is 0.416 e. The largest absolute Gasteiger partial charge is 0.487 e. The van der Waals surface area contributed by atoms with Gasteiger partial charge in [-0.3, -0.25) is 9.69 Å². The minimum Gasteiger partial charge on any atom is -0.487 e. The van der Waals surface area contributed by atoms with Gasteiger partial charge in [-0.2, -0.15) is 13.2 Å². The van der Waals surface area contributed by atoms with E-state index in [0.717, 1.165) is 24.3 Å². The van der Waals surface area contributed by atoms with E-state index < -0.39 is 46.7 Å². The highest BCUT2D eigenvalue weighted by Gasteiger charge is 2.31. The van der Waals surface area contributed by atoms with Crippen LogP contribution in [0.2, 0.25) is 0 Å². The summed E-state index contributed by atoms with van der Waals surface area (Å²) in [6, 6.07) is 6.18. The fourth-order valence-corrected chi connectivity index (χ4v) is 4.31. The fourth-order valence-electron chi connectivity index (χ4n) is 3.83. The van der Waals surface area contributed by atoms with E-state index in [2.05, 4.69) is 25.8 Å². The molecule has 4 rings (SSSR count). The van der Waals surface area contributed by atoms with E-state index in [4.69, 9.17) is 24.4 Å². The van der Waals surface area contributed by atoms with E-state index in [1.807, 2.05) is 0 Å². The SMILES string of the molecule is NC(=O)c1c(F)ccc(OCC(OCCN2CCOCC2)c2nc(-c3ccc(C(F)(F)F)cc3)c(Br)o2)c1F. The van der Waals surface area contributed by atoms with E-state index in [9.17, 15) is 26.7 Å². The van der Waals surface area contributed by atoms with Crippen LogP contribution in [0.15, 0.2) is 45.5 Å². The third kappa shape index (κ3) is 7.12. The lowest BCUT2D eigenvalue weighted by molar-refractivity contribution is -0.137. The molecule has 0 bridgehead atoms. The quantitative estimate of drug-likeness (QED) is 0.320. The summed E-state index contributed by atoms with van der Waals surface area (Å²) in [5.74, 6) is -4.15. The van der Waals surface area contributed by atoms with Gasteiger partial charge >= 0.3 is 6.18 Å². The van der Waals surface area contributed by atoms with Crippen molar-refractivity contribution < 1.29 is 45.4 Å². The van der Waals surface area contributed by atoms with E-state index in [0.29, 0.717) is 38.4 Å². The van der Waals surface area contributed by atoms with Gasteiger partial charge in [0.05, 0.1) is 25.4 Å². The molecule has 210 valence electrons. The molecule has 0 radical (unpaired) electrons. The van der Waals surface area contributed by atoms with Gasteiger partial charge in [-0.25, -0.2) is 13.8 Å². The predicted molar refractivity (Wildman–Crippen MR) is 131 cm³/mol. The molecule has 1 atom stereocenters. The van der Waals surface area contributed by atoms with Crippen molar-refractivity contribution in [1.82, 2.24) is 9.88 Å². The lowest BCUT2D eigenvalue weighted by Gasteiger charge is -2.27. The van der Waals surface area contributed by atoms with Gasteiger partial charge in [0.25, 0.3) is 5.91 Å². The Morgan fingerprint density at radius 1 is 1.13 bits per heavy atom. The molecule has 3 aromatic rings. The molecule has 0 aliphatic carbocycles. The number of oxazole rings is 1. The lowest BCUT2D eigenvalue weighted by atomic mass is 10.1. The maximum Gasteiger partial charge on any atom is 0.416 e. The normalized spacial score (nSPS) is 15.3. The second-order valence-electron chi connectivity index (χ2n) is 8.47. The monoisotopic (exact) mass is 619 g/mol. The highest BCUT2D eigenvalue weighted by atomic mass is 79.9. The Labute approximate surface area is 228 Å². The molecule has 14 heteroatoms. The predicted octanol–water partition coefficient (Wildman–Crippen LogP) is 4.97. The average Bonchev–Trinajstić information content (AvgIpc) is 3.28. The van der Waals surface area contributed by atoms with Gasteiger partial charge in [0, 0.05) is 25.2 Å². The number of alkyl halides is 3. The van der Waals surface area contributed by atoms with Crippen LogP contribution in [-0.4, -0.2) is 61.9 Å². The average molecular weight is 620 g/mol. The number of aromatic nitrogens is 1. The van der Waals surface area contributed by atoms with Gasteiger partial charge in [-0.15, -0.1) is 0 Å². The molecular weight excluding hydrogens is 597 g/mol. The second kappa shape index (κ2) is 12.4. The van der Waals surface area contributed by atoms with Crippen molar-refractivity contribution in [3.05, 3.63) is 69.7 Å². The zero-order valence-corrected chi connectivity index (χ0v) is 21.9. The molecule has 2 aromatic carbocycles. The molecule has 1 aliphatic heterocycles. The Hall–Kier alpha value is -3.07. The highest BCUT2D eigenvalue weighted by molar-refractivity contribution is 9.10. The molecule has 0 saturated carbocycles. The number of hydrogen-bond donors (Lipinski definition) is 1. The van der Waals surface area contributed by atoms with Crippen molar-refractivity contribution in [2.75, 3.05) is 46.1 Å². The molecule has 1 amide bonds. The fraction of sp³-hybridized carbons (Fsp3) is 0.360. The van der Waals surface area contributed by atoms with Gasteiger partial charge in [-0.05, 0) is 40.2 Å². The molecule has 8 nitrogen and oxygen atoms in total. The number of halogens is 6. The number of carbonyl (C=O) groups excluding carboxylic acids is 1. The Bertz CT molecular complexity index is 1300. The number of benzene rings is 2. The van der Waals surface area contributed by atoms with E-state index in [1.54, 1.807) is 0 Å². The molecule has 0 spiro atoms. The van der Waals surface area contributed by atoms with E-state index >= 15 is 0 Å². The number of nitrogens with two attached hydrogens (primary N) is 1. The highest BCUT2D eigenvalue weighted by Crippen LogP contribution is 2.35. The van der Waals surface area contributed by atoms with Gasteiger partial charge in [0.1, 0.15) is 23.7 Å². The number of nitrogens with zero attached hydrogens (tertiary/aromatic N) is 2. The van der Waals surface area contributed by atoms with Crippen LogP contribution in [0.5, 0.6) is 5.75 Å². The molecule has 1 aromatic heterocycles. The lowest BCUT2D eigenvalue weighted by Crippen LogP contribution is -2.38. The zero-order valence-electron chi connectivity index (χ0n) is 20.3. The summed E-state index contributed by atoms with van der Waals surface area (Å²) in [5, 5.41) is 0. The number of primary amides is 1. The Balaban J connectivity index is 1.55. The summed E-state index contributed by atoms with van der Waals surface area (Å²) in [5.41, 5.74) is 3.86. The zero-order chi connectivity index (χ0) is 28.2. The van der Waals surface area contributed by atoms with E-state index in [1.165, 1.54) is 12.1 Å². The summed E-state index contributed by atoms with van der Waals surface area (Å²) >= 11 is 3.23. The van der Waals surface area contributed by atoms with Crippen molar-refractivity contribution in [1.29, 1.82) is 0 Å². The van der Waals surface area contributed by atoms with Crippen molar-refractivity contribution in [3.8, 4) is 17.0 Å². The summed E-state index contributed by atoms with van der Waals surface area (Å²) in [4.78, 5) is 17.9. The van der Waals surface area contributed by atoms with Crippen molar-refractivity contribution >= 4 is 21.8 Å². The first-order valence-electron chi connectivity index (χ1n) is 11.7. The maximum atomic E-state index is 14.7. The minimum absolute atomic E-state index is 0.00334. The summed E-state index contributed by atoms with van der Waals surface area (Å²) in [6.45, 7) is 2.97. The van der Waals surface area contributed by atoms with Crippen LogP contribution in [0, 0.1) is 11.6 Å². The number of hydrogen-bond acceptors (Lipinski definition) is 7. The van der Waals surface area contributed by atoms with Crippen molar-refractivity contribution in [3.63, 3.8) is 0 Å².